The van der Waals surface area contributed by atoms with Gasteiger partial charge in [0.15, 0.2) is 0 Å². The number of nitrogens with zero attached hydrogens (tertiary/aromatic N) is 3. The van der Waals surface area contributed by atoms with Crippen molar-refractivity contribution in [1.82, 2.24) is 10.1 Å². The highest BCUT2D eigenvalue weighted by atomic mass is 19.3. The SMILES string of the molecule is Cc1cc(C)c([N+](=O)[O-])cc1-c1noc(C2CC2(F)F)n1. The Hall–Kier alpha value is -2.38. The average Bonchev–Trinajstić information content (AvgIpc) is 2.83. The van der Waals surface area contributed by atoms with E-state index >= 15 is 0 Å². The molecule has 0 amide bonds. The zero-order chi connectivity index (χ0) is 15.4. The summed E-state index contributed by atoms with van der Waals surface area (Å²) in [5.74, 6) is -3.87. The molecule has 3 rings (SSSR count). The molecule has 0 spiro atoms. The Morgan fingerprint density at radius 3 is 2.62 bits per heavy atom. The number of nitro groups is 1. The molecule has 1 heterocycles. The van der Waals surface area contributed by atoms with Gasteiger partial charge in [0.25, 0.3) is 11.6 Å². The van der Waals surface area contributed by atoms with E-state index in [0.29, 0.717) is 16.7 Å². The summed E-state index contributed by atoms with van der Waals surface area (Å²) in [5, 5.41) is 14.6. The average molecular weight is 295 g/mol. The fraction of sp³-hybridized carbons (Fsp3) is 0.385. The zero-order valence-electron chi connectivity index (χ0n) is 11.3. The fourth-order valence-corrected chi connectivity index (χ4v) is 2.25. The first-order valence-electron chi connectivity index (χ1n) is 6.27. The van der Waals surface area contributed by atoms with Gasteiger partial charge in [0.05, 0.1) is 4.92 Å². The van der Waals surface area contributed by atoms with Crippen molar-refractivity contribution in [2.24, 2.45) is 0 Å². The van der Waals surface area contributed by atoms with Crippen molar-refractivity contribution in [2.75, 3.05) is 0 Å². The number of rotatable bonds is 3. The van der Waals surface area contributed by atoms with Crippen LogP contribution in [0.4, 0.5) is 14.5 Å². The van der Waals surface area contributed by atoms with Crippen molar-refractivity contribution in [3.8, 4) is 11.4 Å². The van der Waals surface area contributed by atoms with Crippen molar-refractivity contribution in [3.05, 3.63) is 39.3 Å². The van der Waals surface area contributed by atoms with Gasteiger partial charge >= 0.3 is 0 Å². The second-order valence-electron chi connectivity index (χ2n) is 5.18. The molecule has 8 heteroatoms. The third kappa shape index (κ3) is 2.26. The molecule has 1 saturated carbocycles. The Morgan fingerprint density at radius 1 is 1.38 bits per heavy atom. The number of benzene rings is 1. The quantitative estimate of drug-likeness (QED) is 0.640. The van der Waals surface area contributed by atoms with E-state index < -0.39 is 16.8 Å². The first-order chi connectivity index (χ1) is 9.79. The van der Waals surface area contributed by atoms with Crippen LogP contribution in [0.25, 0.3) is 11.4 Å². The van der Waals surface area contributed by atoms with E-state index in [4.69, 9.17) is 4.52 Å². The van der Waals surface area contributed by atoms with Crippen LogP contribution in [0.2, 0.25) is 0 Å². The molecule has 110 valence electrons. The van der Waals surface area contributed by atoms with Gasteiger partial charge in [-0.15, -0.1) is 0 Å². The second kappa shape index (κ2) is 4.31. The highest BCUT2D eigenvalue weighted by Crippen LogP contribution is 2.55. The molecule has 1 unspecified atom stereocenters. The van der Waals surface area contributed by atoms with Gasteiger partial charge in [-0.05, 0) is 25.5 Å². The molecule has 0 N–H and O–H groups in total. The van der Waals surface area contributed by atoms with Gasteiger partial charge in [0.1, 0.15) is 5.92 Å². The van der Waals surface area contributed by atoms with Gasteiger partial charge in [-0.3, -0.25) is 10.1 Å². The molecule has 1 fully saturated rings. The summed E-state index contributed by atoms with van der Waals surface area (Å²) in [4.78, 5) is 14.4. The van der Waals surface area contributed by atoms with Crippen LogP contribution in [0, 0.1) is 24.0 Å². The number of halogens is 2. The van der Waals surface area contributed by atoms with E-state index in [9.17, 15) is 18.9 Å². The van der Waals surface area contributed by atoms with Gasteiger partial charge in [-0.1, -0.05) is 5.16 Å². The number of hydrogen-bond acceptors (Lipinski definition) is 5. The van der Waals surface area contributed by atoms with Crippen LogP contribution in [0.3, 0.4) is 0 Å². The van der Waals surface area contributed by atoms with Gasteiger partial charge in [0, 0.05) is 23.6 Å². The molecular weight excluding hydrogens is 284 g/mol. The standard InChI is InChI=1S/C13H11F2N3O3/c1-6-3-7(2)10(18(19)20)4-8(6)11-16-12(21-17-11)9-5-13(9,14)15/h3-4,9H,5H2,1-2H3. The van der Waals surface area contributed by atoms with Crippen LogP contribution in [-0.2, 0) is 0 Å². The van der Waals surface area contributed by atoms with E-state index in [1.807, 2.05) is 0 Å². The number of aryl methyl sites for hydroxylation is 2. The van der Waals surface area contributed by atoms with Crippen LogP contribution in [0.5, 0.6) is 0 Å². The lowest BCUT2D eigenvalue weighted by Gasteiger charge is -2.03. The van der Waals surface area contributed by atoms with Crippen molar-refractivity contribution in [2.45, 2.75) is 32.1 Å². The summed E-state index contributed by atoms with van der Waals surface area (Å²) in [5.41, 5.74) is 1.57. The fourth-order valence-electron chi connectivity index (χ4n) is 2.25. The lowest BCUT2D eigenvalue weighted by Crippen LogP contribution is -1.96. The third-order valence-electron chi connectivity index (χ3n) is 3.55. The third-order valence-corrected chi connectivity index (χ3v) is 3.55. The molecule has 1 aromatic carbocycles. The lowest BCUT2D eigenvalue weighted by atomic mass is 10.0. The molecule has 2 aromatic rings. The molecule has 0 saturated heterocycles. The Bertz CT molecular complexity index is 742. The van der Waals surface area contributed by atoms with Gasteiger partial charge in [-0.25, -0.2) is 8.78 Å². The highest BCUT2D eigenvalue weighted by molar-refractivity contribution is 5.65. The summed E-state index contributed by atoms with van der Waals surface area (Å²) < 4.78 is 30.8. The molecule has 0 bridgehead atoms. The van der Waals surface area contributed by atoms with Gasteiger partial charge in [0.2, 0.25) is 11.7 Å². The summed E-state index contributed by atoms with van der Waals surface area (Å²) in [6.45, 7) is 3.37. The van der Waals surface area contributed by atoms with Crippen LogP contribution in [0.1, 0.15) is 29.4 Å². The van der Waals surface area contributed by atoms with Gasteiger partial charge < -0.3 is 4.52 Å². The Kier molecular flexibility index (Phi) is 2.79. The maximum atomic E-state index is 13.0. The monoisotopic (exact) mass is 295 g/mol. The topological polar surface area (TPSA) is 82.1 Å². The lowest BCUT2D eigenvalue weighted by molar-refractivity contribution is -0.385. The molecule has 1 aliphatic rings. The van der Waals surface area contributed by atoms with E-state index in [-0.39, 0.29) is 23.8 Å². The Morgan fingerprint density at radius 2 is 2.05 bits per heavy atom. The molecule has 0 radical (unpaired) electrons. The van der Waals surface area contributed by atoms with E-state index in [2.05, 4.69) is 10.1 Å². The minimum absolute atomic E-state index is 0.0706. The second-order valence-corrected chi connectivity index (χ2v) is 5.18. The molecule has 21 heavy (non-hydrogen) atoms. The summed E-state index contributed by atoms with van der Waals surface area (Å²) >= 11 is 0. The highest BCUT2D eigenvalue weighted by Gasteiger charge is 2.61. The summed E-state index contributed by atoms with van der Waals surface area (Å²) in [6, 6.07) is 2.97. The van der Waals surface area contributed by atoms with E-state index in [0.717, 1.165) is 0 Å². The molecule has 1 atom stereocenters. The number of aromatic nitrogens is 2. The van der Waals surface area contributed by atoms with Crippen LogP contribution >= 0.6 is 0 Å². The molecule has 1 aliphatic carbocycles. The van der Waals surface area contributed by atoms with Gasteiger partial charge in [-0.2, -0.15) is 4.98 Å². The smallest absolute Gasteiger partial charge is 0.273 e. The summed E-state index contributed by atoms with van der Waals surface area (Å²) in [7, 11) is 0. The van der Waals surface area contributed by atoms with Crippen LogP contribution in [0.15, 0.2) is 16.7 Å². The van der Waals surface area contributed by atoms with E-state index in [1.165, 1.54) is 6.07 Å². The maximum Gasteiger partial charge on any atom is 0.273 e. The van der Waals surface area contributed by atoms with Crippen molar-refractivity contribution in [3.63, 3.8) is 0 Å². The predicted octanol–water partition coefficient (Wildman–Crippen LogP) is 3.38. The first kappa shape index (κ1) is 13.6. The van der Waals surface area contributed by atoms with Crippen molar-refractivity contribution >= 4 is 5.69 Å². The molecule has 0 aliphatic heterocycles. The normalized spacial score (nSPS) is 19.5. The van der Waals surface area contributed by atoms with E-state index in [1.54, 1.807) is 19.9 Å². The first-order valence-corrected chi connectivity index (χ1v) is 6.27. The van der Waals surface area contributed by atoms with Crippen molar-refractivity contribution < 1.29 is 18.2 Å². The van der Waals surface area contributed by atoms with Crippen LogP contribution < -0.4 is 0 Å². The number of hydrogen-bond donors (Lipinski definition) is 0. The predicted molar refractivity (Wildman–Crippen MR) is 68.2 cm³/mol. The maximum absolute atomic E-state index is 13.0. The summed E-state index contributed by atoms with van der Waals surface area (Å²) in [6.07, 6.45) is -0.304. The Balaban J connectivity index is 2.01. The van der Waals surface area contributed by atoms with Crippen LogP contribution in [-0.4, -0.2) is 21.0 Å². The number of alkyl halides is 2. The largest absolute Gasteiger partial charge is 0.338 e. The molecule has 6 nitrogen and oxygen atoms in total. The zero-order valence-corrected chi connectivity index (χ0v) is 11.3. The minimum atomic E-state index is -2.79. The Labute approximate surface area is 117 Å². The molecule has 1 aromatic heterocycles. The molecular formula is C13H11F2N3O3. The number of nitro benzene ring substituents is 1. The minimum Gasteiger partial charge on any atom is -0.338 e. The van der Waals surface area contributed by atoms with Crippen molar-refractivity contribution in [1.29, 1.82) is 0 Å².